The van der Waals surface area contributed by atoms with Crippen molar-refractivity contribution in [1.29, 1.82) is 0 Å². The minimum absolute atomic E-state index is 0.363. The van der Waals surface area contributed by atoms with E-state index in [1.54, 1.807) is 0 Å². The molecule has 0 saturated carbocycles. The summed E-state index contributed by atoms with van der Waals surface area (Å²) in [5.41, 5.74) is 1.80. The van der Waals surface area contributed by atoms with Gasteiger partial charge >= 0.3 is 5.97 Å². The highest BCUT2D eigenvalue weighted by Gasteiger charge is 2.15. The van der Waals surface area contributed by atoms with Crippen LogP contribution in [0.25, 0.3) is 0 Å². The predicted molar refractivity (Wildman–Crippen MR) is 75.4 cm³/mol. The van der Waals surface area contributed by atoms with Crippen LogP contribution in [0.5, 0.6) is 0 Å². The van der Waals surface area contributed by atoms with Gasteiger partial charge in [-0.1, -0.05) is 35.0 Å². The van der Waals surface area contributed by atoms with Gasteiger partial charge in [0, 0.05) is 10.9 Å². The van der Waals surface area contributed by atoms with Crippen LogP contribution in [-0.2, 0) is 12.8 Å². The minimum atomic E-state index is -0.884. The van der Waals surface area contributed by atoms with Crippen molar-refractivity contribution in [3.63, 3.8) is 0 Å². The van der Waals surface area contributed by atoms with Gasteiger partial charge in [0.25, 0.3) is 0 Å². The number of nitrogens with zero attached hydrogens (tertiary/aromatic N) is 1. The Bertz CT molecular complexity index is 580. The Hall–Kier alpha value is -1.20. The molecule has 0 atom stereocenters. The maximum absolute atomic E-state index is 11.1. The number of hydrogen-bond acceptors (Lipinski definition) is 3. The molecule has 1 heterocycles. The van der Waals surface area contributed by atoms with E-state index in [0.717, 1.165) is 15.0 Å². The van der Waals surface area contributed by atoms with E-state index in [2.05, 4.69) is 20.9 Å². The van der Waals surface area contributed by atoms with Gasteiger partial charge in [-0.25, -0.2) is 9.78 Å². The molecule has 0 unspecified atom stereocenters. The number of benzene rings is 1. The molecule has 0 saturated heterocycles. The van der Waals surface area contributed by atoms with Crippen LogP contribution in [-0.4, -0.2) is 16.1 Å². The van der Waals surface area contributed by atoms with E-state index in [0.29, 0.717) is 23.4 Å². The Morgan fingerprint density at radius 2 is 2.28 bits per heavy atom. The lowest BCUT2D eigenvalue weighted by atomic mass is 10.2. The molecule has 1 aromatic carbocycles. The van der Waals surface area contributed by atoms with Crippen LogP contribution in [0, 0.1) is 0 Å². The number of hydrogen-bond donors (Lipinski definition) is 1. The quantitative estimate of drug-likeness (QED) is 0.931. The Labute approximate surface area is 118 Å². The molecule has 0 fully saturated rings. The molecule has 0 amide bonds. The smallest absolute Gasteiger partial charge is 0.347 e. The Morgan fingerprint density at radius 1 is 1.50 bits per heavy atom. The van der Waals surface area contributed by atoms with Gasteiger partial charge in [-0.05, 0) is 24.1 Å². The molecule has 0 aliphatic heterocycles. The van der Waals surface area contributed by atoms with Gasteiger partial charge in [0.2, 0.25) is 0 Å². The molecule has 2 rings (SSSR count). The number of carbonyl (C=O) groups is 1. The fraction of sp³-hybridized carbons (Fsp3) is 0.231. The van der Waals surface area contributed by atoms with Gasteiger partial charge in [-0.3, -0.25) is 0 Å². The fourth-order valence-electron chi connectivity index (χ4n) is 1.70. The summed E-state index contributed by atoms with van der Waals surface area (Å²) in [6.07, 6.45) is 1.32. The normalized spacial score (nSPS) is 10.6. The first-order chi connectivity index (χ1) is 8.60. The molecule has 1 aromatic heterocycles. The molecule has 0 spiro atoms. The molecular formula is C13H12BrNO2S. The zero-order valence-corrected chi connectivity index (χ0v) is 12.2. The standard InChI is InChI=1S/C13H12BrNO2S/c1-2-10-12(13(16)17)18-11(15-10)7-8-4-3-5-9(14)6-8/h3-6H,2,7H2,1H3,(H,16,17). The molecule has 3 nitrogen and oxygen atoms in total. The molecule has 0 bridgehead atoms. The number of rotatable bonds is 4. The molecule has 0 aliphatic rings. The first-order valence-electron chi connectivity index (χ1n) is 5.56. The van der Waals surface area contributed by atoms with Crippen LogP contribution in [0.2, 0.25) is 0 Å². The summed E-state index contributed by atoms with van der Waals surface area (Å²) in [7, 11) is 0. The molecule has 0 aliphatic carbocycles. The molecule has 5 heteroatoms. The second-order valence-electron chi connectivity index (χ2n) is 3.85. The molecule has 94 valence electrons. The number of aryl methyl sites for hydroxylation is 1. The van der Waals surface area contributed by atoms with E-state index in [1.807, 2.05) is 31.2 Å². The van der Waals surface area contributed by atoms with Crippen molar-refractivity contribution < 1.29 is 9.90 Å². The third-order valence-corrected chi connectivity index (χ3v) is 4.09. The Morgan fingerprint density at radius 3 is 2.83 bits per heavy atom. The van der Waals surface area contributed by atoms with E-state index < -0.39 is 5.97 Å². The number of aromatic carboxylic acids is 1. The maximum atomic E-state index is 11.1. The van der Waals surface area contributed by atoms with E-state index in [-0.39, 0.29) is 0 Å². The molecule has 18 heavy (non-hydrogen) atoms. The van der Waals surface area contributed by atoms with Gasteiger partial charge < -0.3 is 5.11 Å². The van der Waals surface area contributed by atoms with Crippen molar-refractivity contribution >= 4 is 33.2 Å². The van der Waals surface area contributed by atoms with Crippen molar-refractivity contribution in [2.75, 3.05) is 0 Å². The number of halogens is 1. The van der Waals surface area contributed by atoms with Crippen LogP contribution in [0.15, 0.2) is 28.7 Å². The lowest BCUT2D eigenvalue weighted by Crippen LogP contribution is -1.97. The highest BCUT2D eigenvalue weighted by molar-refractivity contribution is 9.10. The average Bonchev–Trinajstić information content (AvgIpc) is 2.72. The summed E-state index contributed by atoms with van der Waals surface area (Å²) >= 11 is 4.69. The fourth-order valence-corrected chi connectivity index (χ4v) is 3.18. The van der Waals surface area contributed by atoms with E-state index in [4.69, 9.17) is 5.11 Å². The van der Waals surface area contributed by atoms with E-state index >= 15 is 0 Å². The zero-order valence-electron chi connectivity index (χ0n) is 9.81. The number of carboxylic acids is 1. The summed E-state index contributed by atoms with van der Waals surface area (Å²) in [6.45, 7) is 1.92. The monoisotopic (exact) mass is 325 g/mol. The van der Waals surface area contributed by atoms with Crippen molar-refractivity contribution in [2.45, 2.75) is 19.8 Å². The Kier molecular flexibility index (Phi) is 4.14. The topological polar surface area (TPSA) is 50.2 Å². The molecule has 0 radical (unpaired) electrons. The lowest BCUT2D eigenvalue weighted by Gasteiger charge is -1.98. The summed E-state index contributed by atoms with van der Waals surface area (Å²) in [4.78, 5) is 15.8. The number of carboxylic acid groups (broad SMARTS) is 1. The summed E-state index contributed by atoms with van der Waals surface area (Å²) < 4.78 is 1.02. The highest BCUT2D eigenvalue weighted by atomic mass is 79.9. The second-order valence-corrected chi connectivity index (χ2v) is 5.85. The number of aromatic nitrogens is 1. The average molecular weight is 326 g/mol. The maximum Gasteiger partial charge on any atom is 0.347 e. The summed E-state index contributed by atoms with van der Waals surface area (Å²) in [5.74, 6) is -0.884. The first kappa shape index (κ1) is 13.2. The Balaban J connectivity index is 2.27. The lowest BCUT2D eigenvalue weighted by molar-refractivity contribution is 0.0701. The van der Waals surface area contributed by atoms with Crippen LogP contribution in [0.4, 0.5) is 0 Å². The zero-order chi connectivity index (χ0) is 13.1. The van der Waals surface area contributed by atoms with E-state index in [1.165, 1.54) is 11.3 Å². The van der Waals surface area contributed by atoms with Crippen molar-refractivity contribution in [3.8, 4) is 0 Å². The SMILES string of the molecule is CCc1nc(Cc2cccc(Br)c2)sc1C(=O)O. The van der Waals surface area contributed by atoms with Gasteiger partial charge in [-0.2, -0.15) is 0 Å². The minimum Gasteiger partial charge on any atom is -0.477 e. The van der Waals surface area contributed by atoms with Crippen LogP contribution < -0.4 is 0 Å². The molecular weight excluding hydrogens is 314 g/mol. The third kappa shape index (κ3) is 2.97. The van der Waals surface area contributed by atoms with Gasteiger partial charge in [0.05, 0.1) is 10.7 Å². The van der Waals surface area contributed by atoms with Gasteiger partial charge in [0.15, 0.2) is 0 Å². The largest absolute Gasteiger partial charge is 0.477 e. The van der Waals surface area contributed by atoms with Gasteiger partial charge in [0.1, 0.15) is 4.88 Å². The third-order valence-electron chi connectivity index (χ3n) is 2.52. The van der Waals surface area contributed by atoms with Crippen molar-refractivity contribution in [3.05, 3.63) is 49.9 Å². The van der Waals surface area contributed by atoms with Crippen LogP contribution in [0.1, 0.15) is 32.9 Å². The number of thiazole rings is 1. The van der Waals surface area contributed by atoms with Crippen LogP contribution in [0.3, 0.4) is 0 Å². The van der Waals surface area contributed by atoms with Crippen molar-refractivity contribution in [2.24, 2.45) is 0 Å². The van der Waals surface area contributed by atoms with Crippen LogP contribution >= 0.6 is 27.3 Å². The molecule has 2 aromatic rings. The van der Waals surface area contributed by atoms with Crippen molar-refractivity contribution in [1.82, 2.24) is 4.98 Å². The molecule has 1 N–H and O–H groups in total. The summed E-state index contributed by atoms with van der Waals surface area (Å²) in [6, 6.07) is 7.96. The first-order valence-corrected chi connectivity index (χ1v) is 7.17. The van der Waals surface area contributed by atoms with Gasteiger partial charge in [-0.15, -0.1) is 11.3 Å². The van der Waals surface area contributed by atoms with E-state index in [9.17, 15) is 4.79 Å². The predicted octanol–water partition coefficient (Wildman–Crippen LogP) is 3.76. The second kappa shape index (κ2) is 5.63. The summed E-state index contributed by atoms with van der Waals surface area (Å²) in [5, 5.41) is 9.93. The highest BCUT2D eigenvalue weighted by Crippen LogP contribution is 2.23.